The zero-order valence-electron chi connectivity index (χ0n) is 16.6. The Morgan fingerprint density at radius 1 is 0.933 bits per heavy atom. The van der Waals surface area contributed by atoms with Gasteiger partial charge in [0.15, 0.2) is 0 Å². The summed E-state index contributed by atoms with van der Waals surface area (Å²) >= 11 is 0. The van der Waals surface area contributed by atoms with Gasteiger partial charge in [0.05, 0.1) is 17.1 Å². The second-order valence-corrected chi connectivity index (χ2v) is 7.41. The van der Waals surface area contributed by atoms with Crippen LogP contribution < -0.4 is 5.32 Å². The van der Waals surface area contributed by atoms with Crippen molar-refractivity contribution in [3.05, 3.63) is 103 Å². The first kappa shape index (κ1) is 18.3. The molecule has 0 saturated carbocycles. The predicted molar refractivity (Wildman–Crippen MR) is 121 cm³/mol. The summed E-state index contributed by atoms with van der Waals surface area (Å²) in [6.45, 7) is 0. The molecule has 0 radical (unpaired) electrons. The molecule has 0 saturated heterocycles. The van der Waals surface area contributed by atoms with E-state index in [9.17, 15) is 0 Å². The van der Waals surface area contributed by atoms with E-state index in [4.69, 9.17) is 4.98 Å². The minimum absolute atomic E-state index is 0.0926. The molecule has 5 rings (SSSR count). The lowest BCUT2D eigenvalue weighted by Crippen LogP contribution is -2.14. The summed E-state index contributed by atoms with van der Waals surface area (Å²) in [6.07, 6.45) is 13.5. The average molecular weight is 393 g/mol. The van der Waals surface area contributed by atoms with Crippen LogP contribution in [0.15, 0.2) is 97.0 Å². The monoisotopic (exact) mass is 393 g/mol. The molecule has 1 atom stereocenters. The van der Waals surface area contributed by atoms with Gasteiger partial charge in [-0.15, -0.1) is 0 Å². The van der Waals surface area contributed by atoms with Crippen molar-refractivity contribution >= 4 is 17.0 Å². The number of rotatable bonds is 6. The van der Waals surface area contributed by atoms with E-state index in [1.165, 1.54) is 11.1 Å². The number of para-hydroxylation sites is 2. The quantitative estimate of drug-likeness (QED) is 0.461. The van der Waals surface area contributed by atoms with Crippen LogP contribution in [0.2, 0.25) is 0 Å². The molecular weight excluding hydrogens is 370 g/mol. The fourth-order valence-electron chi connectivity index (χ4n) is 3.84. The molecule has 30 heavy (non-hydrogen) atoms. The fraction of sp³-hybridized carbons (Fsp3) is 0.160. The van der Waals surface area contributed by atoms with Gasteiger partial charge in [-0.1, -0.05) is 60.7 Å². The van der Waals surface area contributed by atoms with E-state index >= 15 is 0 Å². The summed E-state index contributed by atoms with van der Waals surface area (Å²) in [7, 11) is 0. The maximum absolute atomic E-state index is 4.79. The van der Waals surface area contributed by atoms with E-state index in [1.807, 2.05) is 47.3 Å². The highest BCUT2D eigenvalue weighted by Crippen LogP contribution is 2.27. The maximum atomic E-state index is 4.79. The molecule has 0 bridgehead atoms. The van der Waals surface area contributed by atoms with Gasteiger partial charge >= 0.3 is 0 Å². The van der Waals surface area contributed by atoms with Gasteiger partial charge in [0.25, 0.3) is 0 Å². The van der Waals surface area contributed by atoms with Crippen molar-refractivity contribution in [1.82, 2.24) is 19.5 Å². The second-order valence-electron chi connectivity index (χ2n) is 7.41. The SMILES string of the molecule is C1=CC(CC(Nc2nccc(-n3cnc4ccccc43)n2)c2ccccc2)=CCC1. The van der Waals surface area contributed by atoms with Crippen molar-refractivity contribution in [2.75, 3.05) is 5.32 Å². The smallest absolute Gasteiger partial charge is 0.225 e. The highest BCUT2D eigenvalue weighted by Gasteiger charge is 2.15. The van der Waals surface area contributed by atoms with Crippen molar-refractivity contribution in [1.29, 1.82) is 0 Å². The lowest BCUT2D eigenvalue weighted by Gasteiger charge is -2.21. The van der Waals surface area contributed by atoms with Gasteiger partial charge in [0.2, 0.25) is 5.95 Å². The lowest BCUT2D eigenvalue weighted by molar-refractivity contribution is 0.756. The molecule has 1 aliphatic carbocycles. The van der Waals surface area contributed by atoms with Gasteiger partial charge in [-0.3, -0.25) is 4.57 Å². The molecule has 5 nitrogen and oxygen atoms in total. The molecule has 2 heterocycles. The van der Waals surface area contributed by atoms with Gasteiger partial charge < -0.3 is 5.32 Å². The zero-order chi connectivity index (χ0) is 20.2. The largest absolute Gasteiger partial charge is 0.347 e. The van der Waals surface area contributed by atoms with Crippen LogP contribution in [-0.4, -0.2) is 19.5 Å². The van der Waals surface area contributed by atoms with E-state index in [0.717, 1.165) is 36.1 Å². The van der Waals surface area contributed by atoms with Crippen LogP contribution in [0.25, 0.3) is 16.9 Å². The molecule has 0 fully saturated rings. The molecule has 0 amide bonds. The first-order valence-corrected chi connectivity index (χ1v) is 10.3. The third-order valence-corrected chi connectivity index (χ3v) is 5.36. The Bertz CT molecular complexity index is 1210. The van der Waals surface area contributed by atoms with Crippen molar-refractivity contribution in [2.45, 2.75) is 25.3 Å². The number of hydrogen-bond acceptors (Lipinski definition) is 4. The second kappa shape index (κ2) is 8.33. The third kappa shape index (κ3) is 3.87. The molecule has 1 aliphatic rings. The Morgan fingerprint density at radius 3 is 2.67 bits per heavy atom. The normalized spacial score (nSPS) is 14.5. The number of imidazole rings is 1. The number of allylic oxidation sites excluding steroid dienone is 3. The first-order valence-electron chi connectivity index (χ1n) is 10.3. The van der Waals surface area contributed by atoms with E-state index in [2.05, 4.69) is 57.8 Å². The van der Waals surface area contributed by atoms with E-state index in [0.29, 0.717) is 5.95 Å². The Kier molecular flexibility index (Phi) is 5.08. The summed E-state index contributed by atoms with van der Waals surface area (Å²) in [4.78, 5) is 13.8. The number of nitrogens with one attached hydrogen (secondary N) is 1. The van der Waals surface area contributed by atoms with Crippen molar-refractivity contribution in [3.63, 3.8) is 0 Å². The van der Waals surface area contributed by atoms with Gasteiger partial charge in [0, 0.05) is 6.20 Å². The molecule has 4 aromatic rings. The first-order chi connectivity index (χ1) is 14.9. The number of benzene rings is 2. The lowest BCUT2D eigenvalue weighted by atomic mass is 9.95. The van der Waals surface area contributed by atoms with E-state index in [1.54, 1.807) is 6.20 Å². The summed E-state index contributed by atoms with van der Waals surface area (Å²) in [5.41, 5.74) is 4.54. The highest BCUT2D eigenvalue weighted by molar-refractivity contribution is 5.76. The van der Waals surface area contributed by atoms with E-state index < -0.39 is 0 Å². The predicted octanol–water partition coefficient (Wildman–Crippen LogP) is 5.64. The topological polar surface area (TPSA) is 55.6 Å². The number of anilines is 1. The minimum Gasteiger partial charge on any atom is -0.347 e. The van der Waals surface area contributed by atoms with Crippen LogP contribution in [0.1, 0.15) is 30.9 Å². The van der Waals surface area contributed by atoms with E-state index in [-0.39, 0.29) is 6.04 Å². The maximum Gasteiger partial charge on any atom is 0.225 e. The van der Waals surface area contributed by atoms with Crippen LogP contribution in [-0.2, 0) is 0 Å². The molecule has 2 aromatic heterocycles. The van der Waals surface area contributed by atoms with Crippen molar-refractivity contribution in [3.8, 4) is 5.82 Å². The Balaban J connectivity index is 1.45. The molecular formula is C25H23N5. The number of nitrogens with zero attached hydrogens (tertiary/aromatic N) is 4. The summed E-state index contributed by atoms with van der Waals surface area (Å²) < 4.78 is 1.99. The van der Waals surface area contributed by atoms with Gasteiger partial charge in [-0.2, -0.15) is 4.98 Å². The van der Waals surface area contributed by atoms with Crippen molar-refractivity contribution in [2.24, 2.45) is 0 Å². The van der Waals surface area contributed by atoms with Crippen LogP contribution >= 0.6 is 0 Å². The van der Waals surface area contributed by atoms with Gasteiger partial charge in [0.1, 0.15) is 12.1 Å². The Hall–Kier alpha value is -3.73. The van der Waals surface area contributed by atoms with Crippen molar-refractivity contribution < 1.29 is 0 Å². The number of fused-ring (bicyclic) bond motifs is 1. The summed E-state index contributed by atoms with van der Waals surface area (Å²) in [5.74, 6) is 1.41. The van der Waals surface area contributed by atoms with Crippen LogP contribution in [0, 0.1) is 0 Å². The molecule has 0 spiro atoms. The summed E-state index contributed by atoms with van der Waals surface area (Å²) in [5, 5.41) is 3.56. The molecule has 1 N–H and O–H groups in total. The van der Waals surface area contributed by atoms with Gasteiger partial charge in [-0.05, 0) is 48.6 Å². The molecule has 5 heteroatoms. The fourth-order valence-corrected chi connectivity index (χ4v) is 3.84. The molecule has 148 valence electrons. The van der Waals surface area contributed by atoms with Crippen LogP contribution in [0.3, 0.4) is 0 Å². The Morgan fingerprint density at radius 2 is 1.80 bits per heavy atom. The van der Waals surface area contributed by atoms with Crippen LogP contribution in [0.5, 0.6) is 0 Å². The number of aromatic nitrogens is 4. The third-order valence-electron chi connectivity index (χ3n) is 5.36. The van der Waals surface area contributed by atoms with Gasteiger partial charge in [-0.25, -0.2) is 9.97 Å². The summed E-state index contributed by atoms with van der Waals surface area (Å²) in [6, 6.07) is 20.5. The Labute approximate surface area is 175 Å². The zero-order valence-corrected chi connectivity index (χ0v) is 16.6. The average Bonchev–Trinajstić information content (AvgIpc) is 3.24. The van der Waals surface area contributed by atoms with Crippen LogP contribution in [0.4, 0.5) is 5.95 Å². The molecule has 2 aromatic carbocycles. The minimum atomic E-state index is 0.0926. The highest BCUT2D eigenvalue weighted by atomic mass is 15.2. The standard InChI is InChI=1S/C25H23N5/c1-3-9-19(10-4-1)17-22(20-11-5-2-6-12-20)28-25-26-16-15-24(29-25)30-18-27-21-13-7-8-14-23(21)30/h2-3,5-16,18,22H,1,4,17H2,(H,26,28,29). The molecule has 1 unspecified atom stereocenters. The number of hydrogen-bond donors (Lipinski definition) is 1. The molecule has 0 aliphatic heterocycles.